The maximum absolute atomic E-state index is 14.5. The second-order valence-electron chi connectivity index (χ2n) is 14.3. The summed E-state index contributed by atoms with van der Waals surface area (Å²) in [7, 11) is 0. The number of carbonyl (C=O) groups excluding carboxylic acids is 1. The van der Waals surface area contributed by atoms with Gasteiger partial charge in [-0.15, -0.1) is 0 Å². The van der Waals surface area contributed by atoms with E-state index < -0.39 is 40.5 Å². The Balaban J connectivity index is 1.38. The molecule has 1 unspecified atom stereocenters. The van der Waals surface area contributed by atoms with Crippen LogP contribution in [0.2, 0.25) is 0 Å². The van der Waals surface area contributed by atoms with E-state index in [9.17, 15) is 24.6 Å². The number of hydrogen-bond donors (Lipinski definition) is 4. The summed E-state index contributed by atoms with van der Waals surface area (Å²) in [6.45, 7) is 13.8. The lowest BCUT2D eigenvalue weighted by Gasteiger charge is -2.61. The van der Waals surface area contributed by atoms with Crippen molar-refractivity contribution in [1.29, 1.82) is 0 Å². The first-order chi connectivity index (χ1) is 22.6. The third kappa shape index (κ3) is 6.73. The number of rotatable bonds is 6. The van der Waals surface area contributed by atoms with Crippen LogP contribution in [0.5, 0.6) is 0 Å². The highest BCUT2D eigenvalue weighted by molar-refractivity contribution is 6.02. The SMILES string of the molecule is CC(C)(C)C1N(C(=O)O)CCN(C(=O)O)[C@]1(C(=O)Nc1ccc(-c2ccnc(Nc3ccc(N4CCOCC4)cc3)n2)cc1)C(C)(C)C. The summed E-state index contributed by atoms with van der Waals surface area (Å²) in [5.41, 5.74) is 0.330. The first kappa shape index (κ1) is 34.4. The predicted molar refractivity (Wildman–Crippen MR) is 184 cm³/mol. The summed E-state index contributed by atoms with van der Waals surface area (Å²) in [5.74, 6) is -0.164. The number of carbonyl (C=O) groups is 3. The van der Waals surface area contributed by atoms with Gasteiger partial charge >= 0.3 is 12.2 Å². The Hall–Kier alpha value is -4.91. The van der Waals surface area contributed by atoms with Gasteiger partial charge in [0.2, 0.25) is 5.95 Å². The molecule has 0 saturated carbocycles. The normalized spacial score (nSPS) is 20.3. The van der Waals surface area contributed by atoms with Crippen LogP contribution in [0.3, 0.4) is 0 Å². The van der Waals surface area contributed by atoms with Gasteiger partial charge in [0.05, 0.1) is 24.9 Å². The van der Waals surface area contributed by atoms with Crippen LogP contribution in [-0.4, -0.2) is 99.0 Å². The molecule has 13 heteroatoms. The molecule has 2 aliphatic heterocycles. The van der Waals surface area contributed by atoms with Crippen LogP contribution < -0.4 is 15.5 Å². The standard InChI is InChI=1S/C35H45N7O6/c1-33(2,3)28-35(34(4,5)6,42(32(46)47)18-17-41(28)31(44)45)29(43)37-24-9-7-23(8-10-24)27-15-16-36-30(39-27)38-25-11-13-26(14-12-25)40-19-21-48-22-20-40/h7-16,28H,17-22H2,1-6H3,(H,37,43)(H,44,45)(H,46,47)(H,36,38,39)/t28?,35-/m1/s1. The Kier molecular flexibility index (Phi) is 9.54. The van der Waals surface area contributed by atoms with Gasteiger partial charge < -0.3 is 35.4 Å². The third-order valence-electron chi connectivity index (χ3n) is 9.08. The van der Waals surface area contributed by atoms with Crippen LogP contribution in [0.25, 0.3) is 11.3 Å². The molecule has 256 valence electrons. The van der Waals surface area contributed by atoms with Crippen molar-refractivity contribution < 1.29 is 29.3 Å². The number of ether oxygens (including phenoxy) is 1. The minimum absolute atomic E-state index is 0.0428. The van der Waals surface area contributed by atoms with Gasteiger partial charge in [0.25, 0.3) is 5.91 Å². The molecule has 2 aromatic carbocycles. The Morgan fingerprint density at radius 1 is 0.833 bits per heavy atom. The molecule has 3 amide bonds. The van der Waals surface area contributed by atoms with Gasteiger partial charge in [0.1, 0.15) is 0 Å². The monoisotopic (exact) mass is 659 g/mol. The van der Waals surface area contributed by atoms with Gasteiger partial charge in [0.15, 0.2) is 5.54 Å². The highest BCUT2D eigenvalue weighted by atomic mass is 16.5. The molecular formula is C35H45N7O6. The molecule has 5 rings (SSSR count). The van der Waals surface area contributed by atoms with E-state index in [1.807, 2.05) is 45.0 Å². The van der Waals surface area contributed by atoms with E-state index >= 15 is 0 Å². The van der Waals surface area contributed by atoms with Gasteiger partial charge in [-0.2, -0.15) is 0 Å². The number of hydrogen-bond acceptors (Lipinski definition) is 8. The number of anilines is 4. The molecule has 0 radical (unpaired) electrons. The number of nitrogens with zero attached hydrogens (tertiary/aromatic N) is 5. The second-order valence-corrected chi connectivity index (χ2v) is 14.3. The molecule has 48 heavy (non-hydrogen) atoms. The number of carboxylic acid groups (broad SMARTS) is 2. The van der Waals surface area contributed by atoms with E-state index in [0.717, 1.165) is 48.1 Å². The average molecular weight is 660 g/mol. The first-order valence-corrected chi connectivity index (χ1v) is 16.1. The first-order valence-electron chi connectivity index (χ1n) is 16.1. The summed E-state index contributed by atoms with van der Waals surface area (Å²) < 4.78 is 5.44. The number of benzene rings is 2. The van der Waals surface area contributed by atoms with Gasteiger partial charge in [-0.25, -0.2) is 19.6 Å². The highest BCUT2D eigenvalue weighted by Crippen LogP contribution is 2.49. The lowest BCUT2D eigenvalue weighted by atomic mass is 9.59. The van der Waals surface area contributed by atoms with E-state index in [-0.39, 0.29) is 13.1 Å². The molecule has 3 heterocycles. The molecule has 0 spiro atoms. The van der Waals surface area contributed by atoms with Gasteiger partial charge in [-0.1, -0.05) is 53.7 Å². The van der Waals surface area contributed by atoms with E-state index in [2.05, 4.69) is 37.6 Å². The van der Waals surface area contributed by atoms with E-state index in [4.69, 9.17) is 4.74 Å². The maximum atomic E-state index is 14.5. The Morgan fingerprint density at radius 3 is 2.02 bits per heavy atom. The van der Waals surface area contributed by atoms with Crippen molar-refractivity contribution in [3.8, 4) is 11.3 Å². The molecule has 2 fully saturated rings. The van der Waals surface area contributed by atoms with Crippen LogP contribution in [0.1, 0.15) is 41.5 Å². The Bertz CT molecular complexity index is 1630. The molecule has 2 saturated heterocycles. The summed E-state index contributed by atoms with van der Waals surface area (Å²) in [6.07, 6.45) is -0.815. The Morgan fingerprint density at radius 2 is 1.46 bits per heavy atom. The van der Waals surface area contributed by atoms with Crippen molar-refractivity contribution in [3.05, 3.63) is 60.8 Å². The third-order valence-corrected chi connectivity index (χ3v) is 9.08. The molecule has 0 bridgehead atoms. The molecule has 0 aliphatic carbocycles. The van der Waals surface area contributed by atoms with E-state index in [1.165, 1.54) is 4.90 Å². The molecule has 13 nitrogen and oxygen atoms in total. The molecule has 2 atom stereocenters. The number of morpholine rings is 1. The summed E-state index contributed by atoms with van der Waals surface area (Å²) in [4.78, 5) is 53.3. The van der Waals surface area contributed by atoms with Crippen molar-refractivity contribution >= 4 is 41.1 Å². The quantitative estimate of drug-likeness (QED) is 0.253. The smallest absolute Gasteiger partial charge is 0.408 e. The zero-order valence-electron chi connectivity index (χ0n) is 28.4. The van der Waals surface area contributed by atoms with Crippen LogP contribution in [0.15, 0.2) is 60.8 Å². The van der Waals surface area contributed by atoms with Gasteiger partial charge in [-0.05, 0) is 53.3 Å². The number of aromatic nitrogens is 2. The summed E-state index contributed by atoms with van der Waals surface area (Å²) in [6, 6.07) is 16.0. The predicted octanol–water partition coefficient (Wildman–Crippen LogP) is 5.84. The van der Waals surface area contributed by atoms with Crippen LogP contribution >= 0.6 is 0 Å². The fourth-order valence-corrected chi connectivity index (χ4v) is 7.07. The largest absolute Gasteiger partial charge is 0.465 e. The zero-order valence-corrected chi connectivity index (χ0v) is 28.4. The maximum Gasteiger partial charge on any atom is 0.408 e. The van der Waals surface area contributed by atoms with Gasteiger partial charge in [0, 0.05) is 55.0 Å². The van der Waals surface area contributed by atoms with Crippen LogP contribution in [0.4, 0.5) is 32.6 Å². The van der Waals surface area contributed by atoms with Crippen molar-refractivity contribution in [2.75, 3.05) is 54.9 Å². The molecule has 3 aromatic rings. The summed E-state index contributed by atoms with van der Waals surface area (Å²) in [5, 5.41) is 26.7. The number of nitrogens with one attached hydrogen (secondary N) is 2. The molecule has 1 aromatic heterocycles. The Labute approximate surface area is 280 Å². The lowest BCUT2D eigenvalue weighted by Crippen LogP contribution is -2.81. The minimum atomic E-state index is -1.75. The highest BCUT2D eigenvalue weighted by Gasteiger charge is 2.66. The second kappa shape index (κ2) is 13.3. The molecule has 4 N–H and O–H groups in total. The van der Waals surface area contributed by atoms with Gasteiger partial charge in [-0.3, -0.25) is 9.69 Å². The van der Waals surface area contributed by atoms with Crippen molar-refractivity contribution in [2.24, 2.45) is 10.8 Å². The molecular weight excluding hydrogens is 614 g/mol. The number of piperazine rings is 1. The van der Waals surface area contributed by atoms with Crippen molar-refractivity contribution in [2.45, 2.75) is 53.1 Å². The topological polar surface area (TPSA) is 160 Å². The van der Waals surface area contributed by atoms with E-state index in [0.29, 0.717) is 17.3 Å². The fourth-order valence-electron chi connectivity index (χ4n) is 7.07. The van der Waals surface area contributed by atoms with Crippen LogP contribution in [-0.2, 0) is 9.53 Å². The fraction of sp³-hybridized carbons (Fsp3) is 0.457. The van der Waals surface area contributed by atoms with E-state index in [1.54, 1.807) is 45.2 Å². The number of amides is 3. The summed E-state index contributed by atoms with van der Waals surface area (Å²) >= 11 is 0. The molecule has 2 aliphatic rings. The lowest BCUT2D eigenvalue weighted by molar-refractivity contribution is -0.157. The van der Waals surface area contributed by atoms with Crippen molar-refractivity contribution in [3.63, 3.8) is 0 Å². The average Bonchev–Trinajstić information content (AvgIpc) is 3.04. The van der Waals surface area contributed by atoms with Crippen molar-refractivity contribution in [1.82, 2.24) is 19.8 Å². The van der Waals surface area contributed by atoms with Crippen LogP contribution in [0, 0.1) is 10.8 Å². The minimum Gasteiger partial charge on any atom is -0.465 e. The zero-order chi connectivity index (χ0) is 34.9.